The number of aromatic nitrogens is 7. The Kier molecular flexibility index (Phi) is 4.55. The Morgan fingerprint density at radius 2 is 2.10 bits per heavy atom. The molecule has 154 valence electrons. The van der Waals surface area contributed by atoms with Crippen LogP contribution in [0, 0.1) is 6.92 Å². The van der Waals surface area contributed by atoms with Crippen molar-refractivity contribution in [3.05, 3.63) is 36.3 Å². The Morgan fingerprint density at radius 1 is 1.20 bits per heavy atom. The molecular formula is C20H22N8O2. The standard InChI is InChI=1S/C20H22N8O2/c1-12-4-6-21-19(23-12)15-8-18(27(2)26-15)24-17-9-16(30-13-5-7-29-11-13)14-10-22-28(3)20(14)25-17/h4,6,8-10,13H,5,7,11H2,1-3H3,(H,24,25)/t13-/m0/s1. The maximum Gasteiger partial charge on any atom is 0.180 e. The second kappa shape index (κ2) is 7.38. The lowest BCUT2D eigenvalue weighted by Crippen LogP contribution is -2.16. The highest BCUT2D eigenvalue weighted by molar-refractivity contribution is 5.84. The summed E-state index contributed by atoms with van der Waals surface area (Å²) in [4.78, 5) is 13.5. The summed E-state index contributed by atoms with van der Waals surface area (Å²) in [7, 11) is 3.72. The van der Waals surface area contributed by atoms with Crippen LogP contribution in [0.3, 0.4) is 0 Å². The average molecular weight is 406 g/mol. The van der Waals surface area contributed by atoms with Gasteiger partial charge in [0.1, 0.15) is 29.2 Å². The topological polar surface area (TPSA) is 105 Å². The highest BCUT2D eigenvalue weighted by atomic mass is 16.5. The van der Waals surface area contributed by atoms with Crippen molar-refractivity contribution in [3.8, 4) is 17.3 Å². The Labute approximate surface area is 172 Å². The fourth-order valence-corrected chi connectivity index (χ4v) is 3.43. The van der Waals surface area contributed by atoms with E-state index in [-0.39, 0.29) is 6.10 Å². The van der Waals surface area contributed by atoms with Crippen LogP contribution < -0.4 is 10.1 Å². The van der Waals surface area contributed by atoms with Crippen molar-refractivity contribution in [2.75, 3.05) is 18.5 Å². The van der Waals surface area contributed by atoms with E-state index in [0.717, 1.165) is 41.3 Å². The molecule has 4 aromatic rings. The third-order valence-corrected chi connectivity index (χ3v) is 5.01. The van der Waals surface area contributed by atoms with E-state index in [1.807, 2.05) is 39.2 Å². The summed E-state index contributed by atoms with van der Waals surface area (Å²) in [5.74, 6) is 2.72. The van der Waals surface area contributed by atoms with E-state index in [0.29, 0.717) is 23.9 Å². The molecule has 0 aromatic carbocycles. The van der Waals surface area contributed by atoms with E-state index in [2.05, 4.69) is 25.5 Å². The molecule has 1 saturated heterocycles. The Hall–Kier alpha value is -3.53. The summed E-state index contributed by atoms with van der Waals surface area (Å²) < 4.78 is 15.1. The van der Waals surface area contributed by atoms with E-state index in [1.165, 1.54) is 0 Å². The first-order valence-electron chi connectivity index (χ1n) is 9.75. The molecule has 1 N–H and O–H groups in total. The molecule has 10 nitrogen and oxygen atoms in total. The number of nitrogens with one attached hydrogen (secondary N) is 1. The third-order valence-electron chi connectivity index (χ3n) is 5.01. The first-order chi connectivity index (χ1) is 14.6. The van der Waals surface area contributed by atoms with Gasteiger partial charge >= 0.3 is 0 Å². The zero-order valence-corrected chi connectivity index (χ0v) is 17.0. The van der Waals surface area contributed by atoms with Gasteiger partial charge in [0.15, 0.2) is 11.5 Å². The zero-order valence-electron chi connectivity index (χ0n) is 17.0. The van der Waals surface area contributed by atoms with Crippen LogP contribution in [0.1, 0.15) is 12.1 Å². The largest absolute Gasteiger partial charge is 0.487 e. The number of fused-ring (bicyclic) bond motifs is 1. The molecule has 0 bridgehead atoms. The summed E-state index contributed by atoms with van der Waals surface area (Å²) >= 11 is 0. The highest BCUT2D eigenvalue weighted by Gasteiger charge is 2.20. The van der Waals surface area contributed by atoms with Crippen molar-refractivity contribution in [2.45, 2.75) is 19.4 Å². The highest BCUT2D eigenvalue weighted by Crippen LogP contribution is 2.31. The van der Waals surface area contributed by atoms with Crippen molar-refractivity contribution < 1.29 is 9.47 Å². The summed E-state index contributed by atoms with van der Waals surface area (Å²) in [6.45, 7) is 3.24. The number of pyridine rings is 1. The number of nitrogens with zero attached hydrogens (tertiary/aromatic N) is 7. The first-order valence-corrected chi connectivity index (χ1v) is 9.75. The van der Waals surface area contributed by atoms with Crippen molar-refractivity contribution in [1.82, 2.24) is 34.5 Å². The lowest BCUT2D eigenvalue weighted by atomic mass is 10.3. The maximum atomic E-state index is 6.20. The van der Waals surface area contributed by atoms with Crippen LogP contribution in [-0.2, 0) is 18.8 Å². The number of rotatable bonds is 5. The number of hydrogen-bond donors (Lipinski definition) is 1. The molecule has 1 aliphatic rings. The Bertz CT molecular complexity index is 1210. The number of aryl methyl sites for hydroxylation is 3. The van der Waals surface area contributed by atoms with E-state index in [4.69, 9.17) is 14.5 Å². The minimum absolute atomic E-state index is 0.0328. The average Bonchev–Trinajstić information content (AvgIpc) is 3.45. The second-order valence-corrected chi connectivity index (χ2v) is 7.30. The number of hydrogen-bond acceptors (Lipinski definition) is 8. The lowest BCUT2D eigenvalue weighted by molar-refractivity contribution is 0.142. The van der Waals surface area contributed by atoms with E-state index in [9.17, 15) is 0 Å². The van der Waals surface area contributed by atoms with Gasteiger partial charge in [0.2, 0.25) is 0 Å². The molecule has 0 amide bonds. The number of ether oxygens (including phenoxy) is 2. The van der Waals surface area contributed by atoms with Crippen LogP contribution in [-0.4, -0.2) is 53.8 Å². The molecule has 0 saturated carbocycles. The second-order valence-electron chi connectivity index (χ2n) is 7.30. The molecule has 30 heavy (non-hydrogen) atoms. The molecule has 1 aliphatic heterocycles. The van der Waals surface area contributed by atoms with E-state index in [1.54, 1.807) is 21.8 Å². The van der Waals surface area contributed by atoms with Crippen molar-refractivity contribution >= 4 is 22.7 Å². The van der Waals surface area contributed by atoms with E-state index < -0.39 is 0 Å². The van der Waals surface area contributed by atoms with Crippen LogP contribution in [0.4, 0.5) is 11.6 Å². The molecule has 4 aromatic heterocycles. The fraction of sp³-hybridized carbons (Fsp3) is 0.350. The summed E-state index contributed by atoms with van der Waals surface area (Å²) in [6, 6.07) is 5.64. The predicted octanol–water partition coefficient (Wildman–Crippen LogP) is 2.38. The van der Waals surface area contributed by atoms with Crippen LogP contribution in [0.25, 0.3) is 22.6 Å². The van der Waals surface area contributed by atoms with Gasteiger partial charge in [-0.15, -0.1) is 0 Å². The minimum Gasteiger partial charge on any atom is -0.487 e. The predicted molar refractivity (Wildman–Crippen MR) is 111 cm³/mol. The quantitative estimate of drug-likeness (QED) is 0.539. The Balaban J connectivity index is 1.48. The van der Waals surface area contributed by atoms with E-state index >= 15 is 0 Å². The van der Waals surface area contributed by atoms with Gasteiger partial charge in [-0.3, -0.25) is 9.36 Å². The smallest absolute Gasteiger partial charge is 0.180 e. The van der Waals surface area contributed by atoms with Crippen molar-refractivity contribution in [2.24, 2.45) is 14.1 Å². The normalized spacial score (nSPS) is 16.3. The van der Waals surface area contributed by atoms with Crippen LogP contribution >= 0.6 is 0 Å². The monoisotopic (exact) mass is 406 g/mol. The zero-order chi connectivity index (χ0) is 20.7. The first kappa shape index (κ1) is 18.5. The molecule has 5 rings (SSSR count). The molecule has 1 atom stereocenters. The Morgan fingerprint density at radius 3 is 2.90 bits per heavy atom. The van der Waals surface area contributed by atoms with Crippen LogP contribution in [0.15, 0.2) is 30.6 Å². The van der Waals surface area contributed by atoms with Gasteiger partial charge in [0.25, 0.3) is 0 Å². The minimum atomic E-state index is 0.0328. The SMILES string of the molecule is Cc1ccnc(-c2cc(Nc3cc(O[C@H]4CCOC4)c4cnn(C)c4n3)n(C)n2)n1. The van der Waals surface area contributed by atoms with Gasteiger partial charge in [-0.05, 0) is 13.0 Å². The van der Waals surface area contributed by atoms with Gasteiger partial charge < -0.3 is 14.8 Å². The molecule has 5 heterocycles. The molecule has 1 fully saturated rings. The maximum absolute atomic E-state index is 6.20. The summed E-state index contributed by atoms with van der Waals surface area (Å²) in [5.41, 5.74) is 2.31. The van der Waals surface area contributed by atoms with Crippen molar-refractivity contribution in [1.29, 1.82) is 0 Å². The van der Waals surface area contributed by atoms with Crippen LogP contribution in [0.2, 0.25) is 0 Å². The van der Waals surface area contributed by atoms with Gasteiger partial charge in [0.05, 0.1) is 24.8 Å². The molecular weight excluding hydrogens is 384 g/mol. The molecule has 0 spiro atoms. The van der Waals surface area contributed by atoms with Gasteiger partial charge in [0, 0.05) is 44.5 Å². The molecule has 0 radical (unpaired) electrons. The van der Waals surface area contributed by atoms with Gasteiger partial charge in [-0.25, -0.2) is 15.0 Å². The summed E-state index contributed by atoms with van der Waals surface area (Å²) in [5, 5.41) is 13.1. The lowest BCUT2D eigenvalue weighted by Gasteiger charge is -2.14. The number of anilines is 2. The van der Waals surface area contributed by atoms with Gasteiger partial charge in [-0.2, -0.15) is 10.2 Å². The molecule has 0 aliphatic carbocycles. The third kappa shape index (κ3) is 3.45. The van der Waals surface area contributed by atoms with Crippen LogP contribution in [0.5, 0.6) is 5.75 Å². The van der Waals surface area contributed by atoms with Crippen molar-refractivity contribution in [3.63, 3.8) is 0 Å². The molecule has 0 unspecified atom stereocenters. The fourth-order valence-electron chi connectivity index (χ4n) is 3.43. The van der Waals surface area contributed by atoms with Gasteiger partial charge in [-0.1, -0.05) is 0 Å². The molecule has 10 heteroatoms. The summed E-state index contributed by atoms with van der Waals surface area (Å²) in [6.07, 6.45) is 4.40.